The summed E-state index contributed by atoms with van der Waals surface area (Å²) in [4.78, 5) is 36.0. The molecule has 24 heavy (non-hydrogen) atoms. The molecule has 0 aromatic heterocycles. The number of benzene rings is 2. The quantitative estimate of drug-likeness (QED) is 0.622. The zero-order valence-electron chi connectivity index (χ0n) is 13.0. The molecule has 122 valence electrons. The SMILES string of the molecule is CN1C(=O)COc2ccc(C(=O)COc3ccc(C=O)cc3)cc21. The Morgan fingerprint density at radius 3 is 2.71 bits per heavy atom. The summed E-state index contributed by atoms with van der Waals surface area (Å²) in [5.41, 5.74) is 1.53. The number of ether oxygens (including phenoxy) is 2. The number of Topliss-reactive ketones (excluding diaryl/α,β-unsaturated/α-hetero) is 1. The molecule has 1 amide bonds. The van der Waals surface area contributed by atoms with Crippen LogP contribution in [0.15, 0.2) is 42.5 Å². The second-order valence-corrected chi connectivity index (χ2v) is 5.32. The van der Waals surface area contributed by atoms with Crippen molar-refractivity contribution < 1.29 is 23.9 Å². The second-order valence-electron chi connectivity index (χ2n) is 5.32. The molecule has 1 aliphatic heterocycles. The maximum atomic E-state index is 12.3. The number of anilines is 1. The number of likely N-dealkylation sites (N-methyl/N-ethyl adjacent to an activating group) is 1. The van der Waals surface area contributed by atoms with Crippen LogP contribution < -0.4 is 14.4 Å². The lowest BCUT2D eigenvalue weighted by atomic mass is 10.1. The van der Waals surface area contributed by atoms with E-state index in [4.69, 9.17) is 9.47 Å². The van der Waals surface area contributed by atoms with Crippen molar-refractivity contribution in [1.82, 2.24) is 0 Å². The Kier molecular flexibility index (Phi) is 4.29. The zero-order chi connectivity index (χ0) is 17.1. The predicted molar refractivity (Wildman–Crippen MR) is 87.0 cm³/mol. The third-order valence-corrected chi connectivity index (χ3v) is 3.75. The van der Waals surface area contributed by atoms with E-state index in [1.54, 1.807) is 49.5 Å². The van der Waals surface area contributed by atoms with Gasteiger partial charge in [0.25, 0.3) is 5.91 Å². The highest BCUT2D eigenvalue weighted by Gasteiger charge is 2.23. The van der Waals surface area contributed by atoms with Gasteiger partial charge in [-0.15, -0.1) is 0 Å². The molecule has 1 aliphatic rings. The van der Waals surface area contributed by atoms with Crippen molar-refractivity contribution in [2.24, 2.45) is 0 Å². The highest BCUT2D eigenvalue weighted by Crippen LogP contribution is 2.32. The Morgan fingerprint density at radius 2 is 2.00 bits per heavy atom. The molecule has 3 rings (SSSR count). The average molecular weight is 325 g/mol. The van der Waals surface area contributed by atoms with Crippen LogP contribution in [0, 0.1) is 0 Å². The average Bonchev–Trinajstić information content (AvgIpc) is 2.63. The smallest absolute Gasteiger partial charge is 0.264 e. The monoisotopic (exact) mass is 325 g/mol. The zero-order valence-corrected chi connectivity index (χ0v) is 13.0. The maximum Gasteiger partial charge on any atom is 0.264 e. The van der Waals surface area contributed by atoms with E-state index in [2.05, 4.69) is 0 Å². The molecule has 2 aromatic carbocycles. The number of nitrogens with zero attached hydrogens (tertiary/aromatic N) is 1. The number of amides is 1. The van der Waals surface area contributed by atoms with Gasteiger partial charge < -0.3 is 14.4 Å². The third kappa shape index (κ3) is 3.12. The molecule has 6 nitrogen and oxygen atoms in total. The van der Waals surface area contributed by atoms with E-state index in [1.165, 1.54) is 4.90 Å². The van der Waals surface area contributed by atoms with E-state index in [0.717, 1.165) is 6.29 Å². The van der Waals surface area contributed by atoms with E-state index in [1.807, 2.05) is 0 Å². The first kappa shape index (κ1) is 15.7. The fourth-order valence-electron chi connectivity index (χ4n) is 2.32. The number of carbonyl (C=O) groups is 3. The van der Waals surface area contributed by atoms with Crippen LogP contribution in [0.1, 0.15) is 20.7 Å². The highest BCUT2D eigenvalue weighted by molar-refractivity contribution is 6.02. The lowest BCUT2D eigenvalue weighted by molar-refractivity contribution is -0.120. The van der Waals surface area contributed by atoms with Crippen molar-refractivity contribution in [1.29, 1.82) is 0 Å². The molecule has 0 saturated heterocycles. The molecule has 0 unspecified atom stereocenters. The first-order chi connectivity index (χ1) is 11.6. The van der Waals surface area contributed by atoms with Crippen molar-refractivity contribution in [2.45, 2.75) is 0 Å². The molecule has 0 aliphatic carbocycles. The van der Waals surface area contributed by atoms with E-state index < -0.39 is 0 Å². The molecule has 6 heteroatoms. The molecule has 0 N–H and O–H groups in total. The van der Waals surface area contributed by atoms with Gasteiger partial charge in [0, 0.05) is 18.2 Å². The molecule has 0 spiro atoms. The van der Waals surface area contributed by atoms with Crippen LogP contribution in [-0.4, -0.2) is 38.2 Å². The van der Waals surface area contributed by atoms with Gasteiger partial charge in [0.1, 0.15) is 17.8 Å². The van der Waals surface area contributed by atoms with Crippen molar-refractivity contribution >= 4 is 23.7 Å². The minimum atomic E-state index is -0.219. The molecular weight excluding hydrogens is 310 g/mol. The Hall–Kier alpha value is -3.15. The summed E-state index contributed by atoms with van der Waals surface area (Å²) >= 11 is 0. The second kappa shape index (κ2) is 6.54. The molecule has 0 atom stereocenters. The highest BCUT2D eigenvalue weighted by atomic mass is 16.5. The van der Waals surface area contributed by atoms with Gasteiger partial charge in [-0.05, 0) is 42.5 Å². The van der Waals surface area contributed by atoms with Crippen molar-refractivity contribution in [2.75, 3.05) is 25.2 Å². The van der Waals surface area contributed by atoms with Crippen molar-refractivity contribution in [3.63, 3.8) is 0 Å². The summed E-state index contributed by atoms with van der Waals surface area (Å²) in [6.07, 6.45) is 0.738. The Labute approximate surface area is 138 Å². The summed E-state index contributed by atoms with van der Waals surface area (Å²) in [5, 5.41) is 0. The number of fused-ring (bicyclic) bond motifs is 1. The van der Waals surface area contributed by atoms with Crippen LogP contribution in [0.5, 0.6) is 11.5 Å². The fourth-order valence-corrected chi connectivity index (χ4v) is 2.32. The maximum absolute atomic E-state index is 12.3. The largest absolute Gasteiger partial charge is 0.485 e. The van der Waals surface area contributed by atoms with Gasteiger partial charge in [0.05, 0.1) is 5.69 Å². The molecule has 0 radical (unpaired) electrons. The van der Waals surface area contributed by atoms with E-state index in [9.17, 15) is 14.4 Å². The summed E-state index contributed by atoms with van der Waals surface area (Å²) in [5.74, 6) is 0.684. The number of hydrogen-bond acceptors (Lipinski definition) is 5. The lowest BCUT2D eigenvalue weighted by Crippen LogP contribution is -2.35. The predicted octanol–water partition coefficient (Wildman–Crippen LogP) is 2.12. The Bertz CT molecular complexity index is 798. The van der Waals surface area contributed by atoms with Gasteiger partial charge >= 0.3 is 0 Å². The van der Waals surface area contributed by atoms with E-state index >= 15 is 0 Å². The number of ketones is 1. The van der Waals surface area contributed by atoms with Crippen LogP contribution in [0.3, 0.4) is 0 Å². The van der Waals surface area contributed by atoms with Crippen LogP contribution in [0.4, 0.5) is 5.69 Å². The summed E-state index contributed by atoms with van der Waals surface area (Å²) < 4.78 is 10.8. The number of carbonyl (C=O) groups excluding carboxylic acids is 3. The Balaban J connectivity index is 1.71. The molecule has 0 bridgehead atoms. The van der Waals surface area contributed by atoms with Crippen molar-refractivity contribution in [3.8, 4) is 11.5 Å². The van der Waals surface area contributed by atoms with Crippen LogP contribution >= 0.6 is 0 Å². The van der Waals surface area contributed by atoms with Crippen LogP contribution in [0.25, 0.3) is 0 Å². The topological polar surface area (TPSA) is 72.9 Å². The summed E-state index contributed by atoms with van der Waals surface area (Å²) in [6.45, 7) is -0.144. The van der Waals surface area contributed by atoms with Crippen LogP contribution in [0.2, 0.25) is 0 Å². The molecule has 0 fully saturated rings. The fraction of sp³-hybridized carbons (Fsp3) is 0.167. The van der Waals surface area contributed by atoms with E-state index in [0.29, 0.717) is 28.3 Å². The van der Waals surface area contributed by atoms with Crippen molar-refractivity contribution in [3.05, 3.63) is 53.6 Å². The normalized spacial score (nSPS) is 13.0. The molecule has 0 saturated carbocycles. The molecular formula is C18H15NO5. The van der Waals surface area contributed by atoms with Gasteiger partial charge in [-0.2, -0.15) is 0 Å². The number of rotatable bonds is 5. The first-order valence-corrected chi connectivity index (χ1v) is 7.33. The lowest BCUT2D eigenvalue weighted by Gasteiger charge is -2.26. The van der Waals surface area contributed by atoms with Gasteiger partial charge in [0.15, 0.2) is 19.0 Å². The van der Waals surface area contributed by atoms with Gasteiger partial charge in [0.2, 0.25) is 0 Å². The Morgan fingerprint density at radius 1 is 1.25 bits per heavy atom. The molecule has 2 aromatic rings. The number of hydrogen-bond donors (Lipinski definition) is 0. The summed E-state index contributed by atoms with van der Waals surface area (Å²) in [7, 11) is 1.64. The van der Waals surface area contributed by atoms with Crippen LogP contribution in [-0.2, 0) is 4.79 Å². The number of aldehydes is 1. The van der Waals surface area contributed by atoms with Gasteiger partial charge in [-0.3, -0.25) is 14.4 Å². The minimum absolute atomic E-state index is 0.00329. The van der Waals surface area contributed by atoms with Gasteiger partial charge in [-0.25, -0.2) is 0 Å². The van der Waals surface area contributed by atoms with E-state index in [-0.39, 0.29) is 24.9 Å². The minimum Gasteiger partial charge on any atom is -0.485 e. The molecule has 1 heterocycles. The van der Waals surface area contributed by atoms with Gasteiger partial charge in [-0.1, -0.05) is 0 Å². The standard InChI is InChI=1S/C18H15NO5/c1-19-15-8-13(4-7-17(15)24-11-18(19)22)16(21)10-23-14-5-2-12(9-20)3-6-14/h2-9H,10-11H2,1H3. The third-order valence-electron chi connectivity index (χ3n) is 3.75. The summed E-state index contributed by atoms with van der Waals surface area (Å²) in [6, 6.07) is 11.4. The first-order valence-electron chi connectivity index (χ1n) is 7.33.